The molecule has 0 unspecified atom stereocenters. The molecule has 0 aromatic carbocycles. The van der Waals surface area contributed by atoms with Crippen molar-refractivity contribution in [3.8, 4) is 0 Å². The molecule has 0 saturated carbocycles. The van der Waals surface area contributed by atoms with Crippen molar-refractivity contribution in [2.75, 3.05) is 25.4 Å². The zero-order valence-corrected chi connectivity index (χ0v) is 23.1. The molecule has 0 heterocycles. The summed E-state index contributed by atoms with van der Waals surface area (Å²) in [5.41, 5.74) is 26.6. The van der Waals surface area contributed by atoms with Crippen LogP contribution >= 0.6 is 12.6 Å². The van der Waals surface area contributed by atoms with E-state index in [2.05, 4.69) is 43.9 Å². The van der Waals surface area contributed by atoms with Gasteiger partial charge in [-0.15, -0.1) is 0 Å². The Labute approximate surface area is 236 Å². The lowest BCUT2D eigenvalue weighted by atomic mass is 10.1. The van der Waals surface area contributed by atoms with Crippen LogP contribution in [-0.2, 0) is 24.0 Å². The number of aliphatic imine (C=N–C) groups is 2. The van der Waals surface area contributed by atoms with Gasteiger partial charge in [-0.3, -0.25) is 29.2 Å². The van der Waals surface area contributed by atoms with E-state index in [9.17, 15) is 34.2 Å². The van der Waals surface area contributed by atoms with Gasteiger partial charge in [0.2, 0.25) is 23.6 Å². The Morgan fingerprint density at radius 2 is 1.30 bits per heavy atom. The number of carbonyl (C=O) groups is 5. The molecule has 0 aliphatic carbocycles. The number of aliphatic hydroxyl groups is 1. The lowest BCUT2D eigenvalue weighted by Gasteiger charge is -2.22. The molecule has 0 bridgehead atoms. The Morgan fingerprint density at radius 3 is 1.75 bits per heavy atom. The minimum absolute atomic E-state index is 0.0240. The number of nitrogens with zero attached hydrogens (tertiary/aromatic N) is 2. The molecule has 0 aromatic rings. The van der Waals surface area contributed by atoms with E-state index in [1.807, 2.05) is 0 Å². The van der Waals surface area contributed by atoms with Gasteiger partial charge in [-0.1, -0.05) is 0 Å². The smallest absolute Gasteiger partial charge is 0.326 e. The van der Waals surface area contributed by atoms with E-state index in [0.717, 1.165) is 0 Å². The Bertz CT molecular complexity index is 925. The quantitative estimate of drug-likeness (QED) is 0.0289. The summed E-state index contributed by atoms with van der Waals surface area (Å²) in [5, 5.41) is 28.3. The number of hydrogen-bond donors (Lipinski definition) is 12. The highest BCUT2D eigenvalue weighted by atomic mass is 32.1. The summed E-state index contributed by atoms with van der Waals surface area (Å²) in [5.74, 6) is -4.90. The van der Waals surface area contributed by atoms with Gasteiger partial charge in [-0.25, -0.2) is 4.79 Å². The first-order valence-electron chi connectivity index (χ1n) is 12.2. The van der Waals surface area contributed by atoms with Crippen LogP contribution in [0.5, 0.6) is 0 Å². The van der Waals surface area contributed by atoms with E-state index in [4.69, 9.17) is 28.7 Å². The zero-order chi connectivity index (χ0) is 30.8. The highest BCUT2D eigenvalue weighted by Crippen LogP contribution is 2.02. The van der Waals surface area contributed by atoms with Gasteiger partial charge in [0.1, 0.15) is 24.2 Å². The molecule has 0 rings (SSSR count). The van der Waals surface area contributed by atoms with Crippen molar-refractivity contribution in [2.45, 2.75) is 62.9 Å². The van der Waals surface area contributed by atoms with E-state index in [1.165, 1.54) is 6.92 Å². The summed E-state index contributed by atoms with van der Waals surface area (Å²) in [6.07, 6.45) is -0.532. The molecular formula is C21H41N11O7S. The predicted octanol–water partition coefficient (Wildman–Crippen LogP) is -5.61. The molecule has 4 amide bonds. The number of nitrogens with one attached hydrogen (secondary N) is 4. The second-order valence-corrected chi connectivity index (χ2v) is 9.01. The van der Waals surface area contributed by atoms with Crippen LogP contribution in [0.1, 0.15) is 32.6 Å². The highest BCUT2D eigenvalue weighted by molar-refractivity contribution is 7.80. The van der Waals surface area contributed by atoms with Gasteiger partial charge in [-0.05, 0) is 32.6 Å². The summed E-state index contributed by atoms with van der Waals surface area (Å²) in [6.45, 7) is 1.05. The fraction of sp³-hybridized carbons (Fsp3) is 0.667. The number of hydrogen-bond acceptors (Lipinski definition) is 10. The first kappa shape index (κ1) is 36.2. The molecule has 5 atom stereocenters. The lowest BCUT2D eigenvalue weighted by Crippen LogP contribution is -2.56. The number of aliphatic hydroxyl groups excluding tert-OH is 1. The van der Waals surface area contributed by atoms with E-state index in [-0.39, 0.29) is 56.4 Å². The number of nitrogens with two attached hydrogens (primary N) is 5. The molecule has 0 fully saturated rings. The molecule has 16 N–H and O–H groups in total. The average molecular weight is 592 g/mol. The number of carboxylic acid groups (broad SMARTS) is 1. The van der Waals surface area contributed by atoms with Crippen molar-refractivity contribution in [1.29, 1.82) is 0 Å². The van der Waals surface area contributed by atoms with Crippen LogP contribution in [0.2, 0.25) is 0 Å². The normalized spacial score (nSPS) is 14.3. The van der Waals surface area contributed by atoms with Gasteiger partial charge in [-0.2, -0.15) is 12.6 Å². The van der Waals surface area contributed by atoms with Crippen molar-refractivity contribution in [3.05, 3.63) is 0 Å². The molecule has 228 valence electrons. The molecule has 40 heavy (non-hydrogen) atoms. The van der Waals surface area contributed by atoms with Crippen LogP contribution in [0.15, 0.2) is 9.98 Å². The number of rotatable bonds is 19. The van der Waals surface area contributed by atoms with Crippen LogP contribution in [0, 0.1) is 0 Å². The number of carbonyl (C=O) groups excluding carboxylic acids is 4. The topological polar surface area (TPSA) is 329 Å². The molecule has 19 heteroatoms. The number of carboxylic acids is 1. The highest BCUT2D eigenvalue weighted by Gasteiger charge is 2.28. The van der Waals surface area contributed by atoms with Crippen molar-refractivity contribution in [2.24, 2.45) is 38.7 Å². The Kier molecular flexibility index (Phi) is 17.4. The molecule has 0 aromatic heterocycles. The van der Waals surface area contributed by atoms with Crippen LogP contribution in [0.25, 0.3) is 0 Å². The maximum Gasteiger partial charge on any atom is 0.326 e. The van der Waals surface area contributed by atoms with Crippen molar-refractivity contribution in [1.82, 2.24) is 21.3 Å². The number of guanidine groups is 2. The second kappa shape index (κ2) is 19.3. The maximum atomic E-state index is 12.7. The third-order valence-electron chi connectivity index (χ3n) is 5.22. The SMILES string of the molecule is C[C@@H](O)[C@H](N)C(=O)N[C@@H](CCCN=C(N)N)C(=O)NCC(=O)N[C@@H](CS)C(=O)N[C@@H](CCCN=C(N)N)C(=O)O. The van der Waals surface area contributed by atoms with Crippen LogP contribution in [0.4, 0.5) is 0 Å². The lowest BCUT2D eigenvalue weighted by molar-refractivity contribution is -0.142. The first-order valence-corrected chi connectivity index (χ1v) is 12.9. The molecule has 18 nitrogen and oxygen atoms in total. The third-order valence-corrected chi connectivity index (χ3v) is 5.58. The minimum Gasteiger partial charge on any atom is -0.480 e. The maximum absolute atomic E-state index is 12.7. The Hall–Kier alpha value is -3.84. The van der Waals surface area contributed by atoms with Crippen LogP contribution in [-0.4, -0.2) is 107 Å². The van der Waals surface area contributed by atoms with Gasteiger partial charge in [0.25, 0.3) is 0 Å². The Balaban J connectivity index is 5.09. The summed E-state index contributed by atoms with van der Waals surface area (Å²) < 4.78 is 0. The summed E-state index contributed by atoms with van der Waals surface area (Å²) in [7, 11) is 0. The van der Waals surface area contributed by atoms with Crippen LogP contribution < -0.4 is 49.9 Å². The van der Waals surface area contributed by atoms with Gasteiger partial charge in [0, 0.05) is 18.8 Å². The molecule has 0 aliphatic rings. The van der Waals surface area contributed by atoms with E-state index in [0.29, 0.717) is 0 Å². The fourth-order valence-electron chi connectivity index (χ4n) is 3.02. The Morgan fingerprint density at radius 1 is 0.800 bits per heavy atom. The first-order chi connectivity index (χ1) is 18.7. The minimum atomic E-state index is -1.30. The van der Waals surface area contributed by atoms with Crippen molar-refractivity contribution in [3.63, 3.8) is 0 Å². The van der Waals surface area contributed by atoms with E-state index >= 15 is 0 Å². The monoisotopic (exact) mass is 591 g/mol. The standard InChI is InChI=1S/C21H41N11O7S/c1-10(33)15(22)18(37)31-11(4-2-6-27-20(23)24)16(35)29-8-14(34)30-13(9-40)17(36)32-12(19(38)39)5-3-7-28-21(25)26/h10-13,15,33,40H,2-9,22H2,1H3,(H,29,35)(H,30,34)(H,31,37)(H,32,36)(H,38,39)(H4,23,24,27)(H4,25,26,28)/t10-,11+,12+,13+,15+/m1/s1. The third kappa shape index (κ3) is 15.5. The molecule has 0 spiro atoms. The van der Waals surface area contributed by atoms with Crippen LogP contribution in [0.3, 0.4) is 0 Å². The van der Waals surface area contributed by atoms with Crippen molar-refractivity contribution < 1.29 is 34.2 Å². The summed E-state index contributed by atoms with van der Waals surface area (Å²) in [6, 6.07) is -4.92. The van der Waals surface area contributed by atoms with E-state index in [1.54, 1.807) is 0 Å². The van der Waals surface area contributed by atoms with Gasteiger partial charge in [0.05, 0.1) is 12.6 Å². The van der Waals surface area contributed by atoms with Gasteiger partial charge in [0.15, 0.2) is 11.9 Å². The molecular weight excluding hydrogens is 550 g/mol. The number of thiol groups is 1. The summed E-state index contributed by atoms with van der Waals surface area (Å²) in [4.78, 5) is 68.9. The number of aliphatic carboxylic acids is 1. The predicted molar refractivity (Wildman–Crippen MR) is 150 cm³/mol. The largest absolute Gasteiger partial charge is 0.480 e. The van der Waals surface area contributed by atoms with Gasteiger partial charge < -0.3 is 60.1 Å². The average Bonchev–Trinajstić information content (AvgIpc) is 2.87. The zero-order valence-electron chi connectivity index (χ0n) is 22.2. The van der Waals surface area contributed by atoms with E-state index < -0.39 is 66.4 Å². The molecule has 0 saturated heterocycles. The summed E-state index contributed by atoms with van der Waals surface area (Å²) >= 11 is 4.02. The fourth-order valence-corrected chi connectivity index (χ4v) is 3.28. The second-order valence-electron chi connectivity index (χ2n) is 8.65. The van der Waals surface area contributed by atoms with Gasteiger partial charge >= 0.3 is 5.97 Å². The molecule has 0 aliphatic heterocycles. The number of amides is 4. The van der Waals surface area contributed by atoms with Crippen molar-refractivity contribution >= 4 is 54.1 Å². The molecule has 0 radical (unpaired) electrons.